The zero-order chi connectivity index (χ0) is 24.7. The largest absolute Gasteiger partial charge is 0.497 e. The molecule has 1 aliphatic rings. The Hall–Kier alpha value is -4.97. The number of ketones is 1. The number of nitrogens with zero attached hydrogens (tertiary/aromatic N) is 4. The first-order valence-corrected chi connectivity index (χ1v) is 10.7. The van der Waals surface area contributed by atoms with E-state index in [4.69, 9.17) is 15.5 Å². The Morgan fingerprint density at radius 2 is 1.80 bits per heavy atom. The van der Waals surface area contributed by atoms with Crippen LogP contribution in [0.4, 0.5) is 5.69 Å². The summed E-state index contributed by atoms with van der Waals surface area (Å²) in [5.74, 6) is -0.733. The molecule has 3 aromatic carbocycles. The van der Waals surface area contributed by atoms with E-state index in [1.54, 1.807) is 41.0 Å². The van der Waals surface area contributed by atoms with Gasteiger partial charge in [-0.1, -0.05) is 24.3 Å². The van der Waals surface area contributed by atoms with Gasteiger partial charge in [0.15, 0.2) is 5.78 Å². The third kappa shape index (κ3) is 3.48. The molecule has 0 unspecified atom stereocenters. The molecule has 0 saturated carbocycles. The van der Waals surface area contributed by atoms with Gasteiger partial charge in [0, 0.05) is 23.6 Å². The van der Waals surface area contributed by atoms with E-state index in [9.17, 15) is 20.2 Å². The van der Waals surface area contributed by atoms with Gasteiger partial charge < -0.3 is 10.5 Å². The number of nitro benzene ring substituents is 1. The average Bonchev–Trinajstić information content (AvgIpc) is 3.28. The van der Waals surface area contributed by atoms with Crippen molar-refractivity contribution in [1.29, 1.82) is 5.26 Å². The number of imidazole rings is 1. The lowest BCUT2D eigenvalue weighted by molar-refractivity contribution is -0.384. The Balaban J connectivity index is 1.76. The van der Waals surface area contributed by atoms with Crippen LogP contribution in [0.1, 0.15) is 33.6 Å². The minimum atomic E-state index is -0.890. The van der Waals surface area contributed by atoms with E-state index in [0.717, 1.165) is 0 Å². The number of para-hydroxylation sites is 2. The molecule has 35 heavy (non-hydrogen) atoms. The van der Waals surface area contributed by atoms with Crippen LogP contribution in [0, 0.1) is 21.4 Å². The van der Waals surface area contributed by atoms with Gasteiger partial charge >= 0.3 is 0 Å². The molecule has 0 spiro atoms. The van der Waals surface area contributed by atoms with Crippen LogP contribution in [-0.4, -0.2) is 27.4 Å². The number of aromatic nitrogens is 2. The maximum atomic E-state index is 14.0. The fourth-order valence-electron chi connectivity index (χ4n) is 4.59. The molecule has 0 saturated heterocycles. The van der Waals surface area contributed by atoms with Gasteiger partial charge in [0.25, 0.3) is 5.69 Å². The van der Waals surface area contributed by atoms with Gasteiger partial charge in [-0.15, -0.1) is 0 Å². The average molecular weight is 465 g/mol. The van der Waals surface area contributed by atoms with Crippen molar-refractivity contribution in [3.8, 4) is 11.8 Å². The molecule has 2 atom stereocenters. The number of ether oxygens (including phenoxy) is 1. The van der Waals surface area contributed by atoms with Crippen LogP contribution in [0.5, 0.6) is 5.75 Å². The summed E-state index contributed by atoms with van der Waals surface area (Å²) in [7, 11) is 1.54. The minimum Gasteiger partial charge on any atom is -0.497 e. The van der Waals surface area contributed by atoms with Crippen LogP contribution in [0.25, 0.3) is 16.9 Å². The second kappa shape index (κ2) is 8.43. The highest BCUT2D eigenvalue weighted by Gasteiger charge is 2.43. The standard InChI is InChI=1S/C26H19N5O4/c1-35-18-12-8-16(9-13-18)24(32)23-22(15-6-10-17(11-7-15)31(33)34)19(14-27)25(28)30-21-5-3-2-4-20(21)29-26(23)30/h2-13,22-23H,28H2,1H3/t22-,23-/m0/s1. The Kier molecular flexibility index (Phi) is 5.26. The second-order valence-corrected chi connectivity index (χ2v) is 8.10. The number of hydrogen-bond acceptors (Lipinski definition) is 7. The Morgan fingerprint density at radius 3 is 2.43 bits per heavy atom. The number of allylic oxidation sites excluding steroid dienone is 1. The number of Topliss-reactive ketones (excluding diaryl/α,β-unsaturated/α-hetero) is 1. The van der Waals surface area contributed by atoms with Crippen molar-refractivity contribution in [2.75, 3.05) is 7.11 Å². The number of benzene rings is 3. The van der Waals surface area contributed by atoms with Gasteiger partial charge in [-0.05, 0) is 42.0 Å². The van der Waals surface area contributed by atoms with Gasteiger partial charge in [-0.2, -0.15) is 5.26 Å². The Labute approximate surface area is 199 Å². The van der Waals surface area contributed by atoms with Gasteiger partial charge in [0.2, 0.25) is 0 Å². The first kappa shape index (κ1) is 21.9. The molecule has 4 aromatic rings. The fourth-order valence-corrected chi connectivity index (χ4v) is 4.59. The monoisotopic (exact) mass is 465 g/mol. The molecule has 0 fully saturated rings. The number of nitro groups is 1. The summed E-state index contributed by atoms with van der Waals surface area (Å²) < 4.78 is 6.86. The van der Waals surface area contributed by atoms with E-state index >= 15 is 0 Å². The zero-order valence-corrected chi connectivity index (χ0v) is 18.6. The highest BCUT2D eigenvalue weighted by Crippen LogP contribution is 2.46. The molecule has 0 amide bonds. The van der Waals surface area contributed by atoms with Crippen LogP contribution in [-0.2, 0) is 0 Å². The number of nitriles is 1. The first-order valence-electron chi connectivity index (χ1n) is 10.7. The summed E-state index contributed by atoms with van der Waals surface area (Å²) in [6.45, 7) is 0. The lowest BCUT2D eigenvalue weighted by atomic mass is 9.75. The van der Waals surface area contributed by atoms with Gasteiger partial charge in [0.05, 0.1) is 40.6 Å². The Bertz CT molecular complexity index is 1550. The lowest BCUT2D eigenvalue weighted by Crippen LogP contribution is -2.32. The van der Waals surface area contributed by atoms with E-state index < -0.39 is 16.8 Å². The van der Waals surface area contributed by atoms with Crippen LogP contribution < -0.4 is 10.5 Å². The topological polar surface area (TPSA) is 137 Å². The summed E-state index contributed by atoms with van der Waals surface area (Å²) >= 11 is 0. The molecule has 1 aliphatic heterocycles. The lowest BCUT2D eigenvalue weighted by Gasteiger charge is -2.32. The molecule has 0 aliphatic carbocycles. The summed E-state index contributed by atoms with van der Waals surface area (Å²) in [6, 6.07) is 22.0. The molecule has 0 bridgehead atoms. The highest BCUT2D eigenvalue weighted by atomic mass is 16.6. The molecule has 5 rings (SSSR count). The van der Waals surface area contributed by atoms with Crippen LogP contribution in [0.2, 0.25) is 0 Å². The molecular formula is C26H19N5O4. The predicted molar refractivity (Wildman–Crippen MR) is 129 cm³/mol. The van der Waals surface area contributed by atoms with E-state index in [1.807, 2.05) is 24.3 Å². The number of carbonyl (C=O) groups excluding carboxylic acids is 1. The van der Waals surface area contributed by atoms with Crippen LogP contribution in [0.3, 0.4) is 0 Å². The van der Waals surface area contributed by atoms with Crippen molar-refractivity contribution < 1.29 is 14.5 Å². The Morgan fingerprint density at radius 1 is 1.11 bits per heavy atom. The van der Waals surface area contributed by atoms with Crippen molar-refractivity contribution in [3.05, 3.63) is 105 Å². The normalized spacial score (nSPS) is 17.0. The smallest absolute Gasteiger partial charge is 0.269 e. The van der Waals surface area contributed by atoms with Gasteiger partial charge in [-0.25, -0.2) is 4.98 Å². The van der Waals surface area contributed by atoms with E-state index in [0.29, 0.717) is 33.7 Å². The summed E-state index contributed by atoms with van der Waals surface area (Å²) in [6.07, 6.45) is 0. The molecule has 1 aromatic heterocycles. The zero-order valence-electron chi connectivity index (χ0n) is 18.6. The third-order valence-corrected chi connectivity index (χ3v) is 6.27. The number of methoxy groups -OCH3 is 1. The van der Waals surface area contributed by atoms with Gasteiger partial charge in [-0.3, -0.25) is 19.5 Å². The predicted octanol–water partition coefficient (Wildman–Crippen LogP) is 4.37. The van der Waals surface area contributed by atoms with Crippen molar-refractivity contribution in [2.45, 2.75) is 11.8 Å². The van der Waals surface area contributed by atoms with Crippen molar-refractivity contribution >= 4 is 28.3 Å². The van der Waals surface area contributed by atoms with E-state index in [1.165, 1.54) is 19.2 Å². The summed E-state index contributed by atoms with van der Waals surface area (Å²) in [5.41, 5.74) is 8.90. The number of fused-ring (bicyclic) bond motifs is 3. The SMILES string of the molecule is COc1ccc(C(=O)[C@H]2c3nc4ccccc4n3C(N)=C(C#N)[C@@H]2c2ccc([N+](=O)[O-])cc2)cc1. The van der Waals surface area contributed by atoms with Crippen molar-refractivity contribution in [1.82, 2.24) is 9.55 Å². The number of hydrogen-bond donors (Lipinski definition) is 1. The number of rotatable bonds is 5. The third-order valence-electron chi connectivity index (χ3n) is 6.27. The molecular weight excluding hydrogens is 446 g/mol. The molecule has 172 valence electrons. The number of non-ortho nitro benzene ring substituents is 1. The molecule has 9 heteroatoms. The number of nitrogens with two attached hydrogens (primary N) is 1. The van der Waals surface area contributed by atoms with Crippen molar-refractivity contribution in [3.63, 3.8) is 0 Å². The maximum absolute atomic E-state index is 14.0. The first-order chi connectivity index (χ1) is 16.9. The number of carbonyl (C=O) groups is 1. The van der Waals surface area contributed by atoms with Gasteiger partial charge in [0.1, 0.15) is 17.4 Å². The summed E-state index contributed by atoms with van der Waals surface area (Å²) in [5, 5.41) is 21.3. The second-order valence-electron chi connectivity index (χ2n) is 8.10. The molecule has 9 nitrogen and oxygen atoms in total. The summed E-state index contributed by atoms with van der Waals surface area (Å²) in [4.78, 5) is 29.4. The molecule has 2 heterocycles. The molecule has 0 radical (unpaired) electrons. The van der Waals surface area contributed by atoms with Crippen molar-refractivity contribution in [2.24, 2.45) is 5.73 Å². The fraction of sp³-hybridized carbons (Fsp3) is 0.115. The van der Waals surface area contributed by atoms with E-state index in [2.05, 4.69) is 6.07 Å². The van der Waals surface area contributed by atoms with Crippen LogP contribution in [0.15, 0.2) is 78.4 Å². The quantitative estimate of drug-likeness (QED) is 0.262. The maximum Gasteiger partial charge on any atom is 0.269 e. The molecule has 2 N–H and O–H groups in total. The highest BCUT2D eigenvalue weighted by molar-refractivity contribution is 6.03. The minimum absolute atomic E-state index is 0.0923. The van der Waals surface area contributed by atoms with E-state index in [-0.39, 0.29) is 22.9 Å². The van der Waals surface area contributed by atoms with Crippen LogP contribution >= 0.6 is 0 Å².